The van der Waals surface area contributed by atoms with Gasteiger partial charge in [0.25, 0.3) is 0 Å². The van der Waals surface area contributed by atoms with E-state index in [2.05, 4.69) is 10.3 Å². The zero-order chi connectivity index (χ0) is 24.3. The summed E-state index contributed by atoms with van der Waals surface area (Å²) in [7, 11) is -0.227. The van der Waals surface area contributed by atoms with E-state index in [1.54, 1.807) is 61.2 Å². The molecule has 4 rings (SSSR count). The Morgan fingerprint density at radius 2 is 1.82 bits per heavy atom. The van der Waals surface area contributed by atoms with E-state index in [1.165, 1.54) is 4.31 Å². The molecule has 0 spiro atoms. The van der Waals surface area contributed by atoms with Gasteiger partial charge in [-0.15, -0.1) is 5.10 Å². The number of carbonyl (C=O) groups is 1. The van der Waals surface area contributed by atoms with Crippen LogP contribution in [0.2, 0.25) is 0 Å². The molecule has 8 nitrogen and oxygen atoms in total. The van der Waals surface area contributed by atoms with Crippen LogP contribution in [0.5, 0.6) is 5.75 Å². The summed E-state index contributed by atoms with van der Waals surface area (Å²) in [6.45, 7) is 2.18. The number of fused-ring (bicyclic) bond motifs is 1. The number of hydrogen-bond donors (Lipinski definition) is 0. The van der Waals surface area contributed by atoms with Crippen LogP contribution in [0.15, 0.2) is 71.6 Å². The number of rotatable bonds is 8. The van der Waals surface area contributed by atoms with Gasteiger partial charge in [0.15, 0.2) is 0 Å². The molecule has 0 saturated carbocycles. The van der Waals surface area contributed by atoms with Crippen LogP contribution in [0.1, 0.15) is 23.1 Å². The number of aryl methyl sites for hydroxylation is 3. The zero-order valence-corrected chi connectivity index (χ0v) is 20.1. The van der Waals surface area contributed by atoms with Crippen LogP contribution in [-0.2, 0) is 34.8 Å². The molecule has 0 saturated heterocycles. The molecule has 34 heavy (non-hydrogen) atoms. The van der Waals surface area contributed by atoms with Gasteiger partial charge < -0.3 is 4.74 Å². The highest BCUT2D eigenvalue weighted by atomic mass is 32.2. The van der Waals surface area contributed by atoms with Gasteiger partial charge in [0.05, 0.1) is 10.4 Å². The summed E-state index contributed by atoms with van der Waals surface area (Å²) in [5, 5.41) is 7.98. The summed E-state index contributed by atoms with van der Waals surface area (Å²) in [5.74, 6) is 0.0736. The number of benzene rings is 3. The number of sulfonamides is 1. The van der Waals surface area contributed by atoms with Crippen molar-refractivity contribution in [3.63, 3.8) is 0 Å². The Labute approximate surface area is 198 Å². The molecule has 0 aliphatic rings. The molecular weight excluding hydrogens is 452 g/mol. The van der Waals surface area contributed by atoms with Crippen molar-refractivity contribution >= 4 is 27.0 Å². The first-order valence-corrected chi connectivity index (χ1v) is 12.3. The molecule has 0 unspecified atom stereocenters. The fraction of sp³-hybridized carbons (Fsp3) is 0.240. The number of nitrogens with zero attached hydrogens (tertiary/aromatic N) is 4. The van der Waals surface area contributed by atoms with Gasteiger partial charge >= 0.3 is 5.97 Å². The molecule has 0 N–H and O–H groups in total. The predicted octanol–water partition coefficient (Wildman–Crippen LogP) is 3.64. The summed E-state index contributed by atoms with van der Waals surface area (Å²) in [6.07, 6.45) is 0.674. The standard InChI is InChI=1S/C25H26N4O4S/c1-18-9-10-19(15-20(18)17-28(2)34(31,32)22-7-5-4-6-8-22)11-14-25(30)33-21-12-13-24-23(16-21)26-27-29(24)3/h4-10,12-13,15-16H,11,14,17H2,1-3H3. The number of carbonyl (C=O) groups excluding carboxylic acids is 1. The highest BCUT2D eigenvalue weighted by Gasteiger charge is 2.21. The number of esters is 1. The van der Waals surface area contributed by atoms with Gasteiger partial charge in [-0.25, -0.2) is 13.1 Å². The Morgan fingerprint density at radius 1 is 1.06 bits per heavy atom. The van der Waals surface area contributed by atoms with Crippen molar-refractivity contribution in [2.45, 2.75) is 31.2 Å². The van der Waals surface area contributed by atoms with Crippen molar-refractivity contribution in [1.29, 1.82) is 0 Å². The molecule has 1 aromatic heterocycles. The summed E-state index contributed by atoms with van der Waals surface area (Å²) >= 11 is 0. The average Bonchev–Trinajstić information content (AvgIpc) is 3.20. The van der Waals surface area contributed by atoms with E-state index in [-0.39, 0.29) is 23.8 Å². The Bertz CT molecular complexity index is 1430. The van der Waals surface area contributed by atoms with E-state index < -0.39 is 10.0 Å². The molecule has 9 heteroatoms. The molecule has 0 amide bonds. The molecule has 0 aliphatic heterocycles. The summed E-state index contributed by atoms with van der Waals surface area (Å²) < 4.78 is 34.2. The van der Waals surface area contributed by atoms with E-state index in [1.807, 2.05) is 31.2 Å². The highest BCUT2D eigenvalue weighted by molar-refractivity contribution is 7.89. The van der Waals surface area contributed by atoms with Gasteiger partial charge in [0.2, 0.25) is 10.0 Å². The lowest BCUT2D eigenvalue weighted by molar-refractivity contribution is -0.134. The van der Waals surface area contributed by atoms with Gasteiger partial charge in [-0.1, -0.05) is 41.6 Å². The molecule has 1 heterocycles. The quantitative estimate of drug-likeness (QED) is 0.284. The molecular formula is C25H26N4O4S. The minimum atomic E-state index is -3.59. The van der Waals surface area contributed by atoms with Crippen molar-refractivity contribution in [2.24, 2.45) is 7.05 Å². The lowest BCUT2D eigenvalue weighted by atomic mass is 10.0. The van der Waals surface area contributed by atoms with Crippen molar-refractivity contribution < 1.29 is 17.9 Å². The first-order valence-electron chi connectivity index (χ1n) is 10.8. The second kappa shape index (κ2) is 9.74. The number of hydrogen-bond acceptors (Lipinski definition) is 6. The molecule has 0 bridgehead atoms. The topological polar surface area (TPSA) is 94.4 Å². The first-order chi connectivity index (χ1) is 16.2. The van der Waals surface area contributed by atoms with E-state index in [0.717, 1.165) is 22.2 Å². The van der Waals surface area contributed by atoms with Gasteiger partial charge in [0.1, 0.15) is 11.3 Å². The minimum Gasteiger partial charge on any atom is -0.426 e. The van der Waals surface area contributed by atoms with Crippen LogP contribution in [-0.4, -0.2) is 40.7 Å². The van der Waals surface area contributed by atoms with Crippen LogP contribution in [0.4, 0.5) is 0 Å². The maximum absolute atomic E-state index is 12.9. The minimum absolute atomic E-state index is 0.194. The third-order valence-corrected chi connectivity index (χ3v) is 7.51. The Kier molecular flexibility index (Phi) is 6.76. The van der Waals surface area contributed by atoms with Crippen LogP contribution in [0, 0.1) is 6.92 Å². The zero-order valence-electron chi connectivity index (χ0n) is 19.3. The highest BCUT2D eigenvalue weighted by Crippen LogP contribution is 2.21. The third kappa shape index (κ3) is 5.16. The second-order valence-corrected chi connectivity index (χ2v) is 10.2. The lowest BCUT2D eigenvalue weighted by Crippen LogP contribution is -2.26. The Hall–Kier alpha value is -3.56. The fourth-order valence-corrected chi connectivity index (χ4v) is 4.83. The van der Waals surface area contributed by atoms with Crippen molar-refractivity contribution in [2.75, 3.05) is 7.05 Å². The molecule has 4 aromatic rings. The van der Waals surface area contributed by atoms with Crippen LogP contribution < -0.4 is 4.74 Å². The second-order valence-electron chi connectivity index (χ2n) is 8.17. The SMILES string of the molecule is Cc1ccc(CCC(=O)Oc2ccc3c(c2)nnn3C)cc1CN(C)S(=O)(=O)c1ccccc1. The normalized spacial score (nSPS) is 11.8. The summed E-state index contributed by atoms with van der Waals surface area (Å²) in [4.78, 5) is 12.7. The van der Waals surface area contributed by atoms with Crippen LogP contribution in [0.25, 0.3) is 11.0 Å². The Balaban J connectivity index is 1.40. The smallest absolute Gasteiger partial charge is 0.311 e. The van der Waals surface area contributed by atoms with Crippen LogP contribution >= 0.6 is 0 Å². The third-order valence-electron chi connectivity index (χ3n) is 5.69. The molecule has 0 fully saturated rings. The number of aromatic nitrogens is 3. The molecule has 176 valence electrons. The van der Waals surface area contributed by atoms with E-state index in [9.17, 15) is 13.2 Å². The molecule has 0 atom stereocenters. The van der Waals surface area contributed by atoms with Crippen molar-refractivity contribution in [3.05, 3.63) is 83.4 Å². The number of ether oxygens (including phenoxy) is 1. The molecule has 0 radical (unpaired) electrons. The monoisotopic (exact) mass is 478 g/mol. The predicted molar refractivity (Wildman–Crippen MR) is 129 cm³/mol. The van der Waals surface area contributed by atoms with Gasteiger partial charge in [-0.2, -0.15) is 4.31 Å². The van der Waals surface area contributed by atoms with E-state index in [4.69, 9.17) is 4.74 Å². The summed E-state index contributed by atoms with van der Waals surface area (Å²) in [5.41, 5.74) is 4.32. The van der Waals surface area contributed by atoms with E-state index in [0.29, 0.717) is 17.7 Å². The maximum Gasteiger partial charge on any atom is 0.311 e. The fourth-order valence-electron chi connectivity index (χ4n) is 3.66. The van der Waals surface area contributed by atoms with E-state index >= 15 is 0 Å². The van der Waals surface area contributed by atoms with Gasteiger partial charge in [0, 0.05) is 33.1 Å². The van der Waals surface area contributed by atoms with Crippen LogP contribution in [0.3, 0.4) is 0 Å². The Morgan fingerprint density at radius 3 is 2.59 bits per heavy atom. The van der Waals surface area contributed by atoms with Crippen molar-refractivity contribution in [1.82, 2.24) is 19.3 Å². The van der Waals surface area contributed by atoms with Gasteiger partial charge in [-0.3, -0.25) is 4.79 Å². The van der Waals surface area contributed by atoms with Gasteiger partial charge in [-0.05, 0) is 54.3 Å². The largest absolute Gasteiger partial charge is 0.426 e. The molecule has 3 aromatic carbocycles. The lowest BCUT2D eigenvalue weighted by Gasteiger charge is -2.19. The molecule has 0 aliphatic carbocycles. The summed E-state index contributed by atoms with van der Waals surface area (Å²) in [6, 6.07) is 19.4. The average molecular weight is 479 g/mol. The maximum atomic E-state index is 12.9. The van der Waals surface area contributed by atoms with Crippen molar-refractivity contribution in [3.8, 4) is 5.75 Å². The first kappa shape index (κ1) is 23.6.